The summed E-state index contributed by atoms with van der Waals surface area (Å²) in [5, 5.41) is 0. The van der Waals surface area contributed by atoms with E-state index in [0.717, 1.165) is 19.1 Å². The maximum atomic E-state index is 9.84. The number of hydrogen-bond acceptors (Lipinski definition) is 2. The molecule has 0 aliphatic rings. The summed E-state index contributed by atoms with van der Waals surface area (Å²) in [6, 6.07) is 0. The quantitative estimate of drug-likeness (QED) is 0.515. The molecular formula is C11H27NO. The van der Waals surface area contributed by atoms with Crippen LogP contribution in [-0.2, 0) is 4.79 Å². The average molecular weight is 189 g/mol. The summed E-state index contributed by atoms with van der Waals surface area (Å²) in [5.41, 5.74) is 4.50. The molecule has 0 aromatic heterocycles. The lowest BCUT2D eigenvalue weighted by Gasteiger charge is -1.93. The van der Waals surface area contributed by atoms with Crippen molar-refractivity contribution in [2.24, 2.45) is 5.73 Å². The highest BCUT2D eigenvalue weighted by Crippen LogP contribution is 2.02. The Morgan fingerprint density at radius 2 is 1.46 bits per heavy atom. The van der Waals surface area contributed by atoms with E-state index in [0.29, 0.717) is 0 Å². The van der Waals surface area contributed by atoms with Gasteiger partial charge >= 0.3 is 0 Å². The van der Waals surface area contributed by atoms with Gasteiger partial charge in [0.1, 0.15) is 6.29 Å². The predicted octanol–water partition coefficient (Wildman–Crippen LogP) is 3.15. The van der Waals surface area contributed by atoms with Crippen molar-refractivity contribution in [3.05, 3.63) is 0 Å². The van der Waals surface area contributed by atoms with E-state index in [1.807, 2.05) is 13.8 Å². The van der Waals surface area contributed by atoms with Crippen LogP contribution in [0, 0.1) is 0 Å². The van der Waals surface area contributed by atoms with E-state index in [1.54, 1.807) is 0 Å². The van der Waals surface area contributed by atoms with Gasteiger partial charge in [0.2, 0.25) is 0 Å². The number of carbonyl (C=O) groups is 1. The molecule has 0 fully saturated rings. The van der Waals surface area contributed by atoms with Crippen molar-refractivity contribution in [2.45, 2.75) is 59.3 Å². The first kappa shape index (κ1) is 18.4. The zero-order valence-corrected chi connectivity index (χ0v) is 9.81. The molecule has 0 aliphatic heterocycles. The Balaban J connectivity index is -0.000000218. The van der Waals surface area contributed by atoms with Crippen LogP contribution in [0.1, 0.15) is 59.3 Å². The maximum Gasteiger partial charge on any atom is 0.119 e. The average Bonchev–Trinajstić information content (AvgIpc) is 2.24. The van der Waals surface area contributed by atoms with Crippen molar-refractivity contribution in [3.63, 3.8) is 0 Å². The topological polar surface area (TPSA) is 43.1 Å². The fourth-order valence-corrected chi connectivity index (χ4v) is 0.831. The Bertz CT molecular complexity index is 65.1. The minimum Gasteiger partial charge on any atom is -0.333 e. The van der Waals surface area contributed by atoms with Crippen molar-refractivity contribution in [1.29, 1.82) is 0 Å². The minimum absolute atomic E-state index is 0.754. The van der Waals surface area contributed by atoms with Crippen molar-refractivity contribution in [1.82, 2.24) is 0 Å². The van der Waals surface area contributed by atoms with Crippen LogP contribution in [0.3, 0.4) is 0 Å². The third kappa shape index (κ3) is 34.0. The molecule has 0 heterocycles. The normalized spacial score (nSPS) is 7.46. The summed E-state index contributed by atoms with van der Waals surface area (Å²) < 4.78 is 0. The van der Waals surface area contributed by atoms with Crippen LogP contribution < -0.4 is 5.73 Å². The molecule has 0 amide bonds. The van der Waals surface area contributed by atoms with Gasteiger partial charge in [-0.25, -0.2) is 0 Å². The van der Waals surface area contributed by atoms with Crippen LogP contribution in [-0.4, -0.2) is 13.3 Å². The SMILES string of the molecule is CC.CCCCCCCC=O.CN. The maximum absolute atomic E-state index is 9.84. The molecule has 82 valence electrons. The minimum atomic E-state index is 0.754. The van der Waals surface area contributed by atoms with E-state index >= 15 is 0 Å². The van der Waals surface area contributed by atoms with Crippen molar-refractivity contribution in [3.8, 4) is 0 Å². The number of aldehydes is 1. The number of rotatable bonds is 6. The van der Waals surface area contributed by atoms with Gasteiger partial charge < -0.3 is 10.5 Å². The molecule has 0 atom stereocenters. The second-order valence-electron chi connectivity index (χ2n) is 2.37. The zero-order chi connectivity index (χ0) is 10.9. The summed E-state index contributed by atoms with van der Waals surface area (Å²) in [4.78, 5) is 9.84. The summed E-state index contributed by atoms with van der Waals surface area (Å²) >= 11 is 0. The number of carbonyl (C=O) groups excluding carboxylic acids is 1. The molecule has 0 aromatic rings. The summed E-state index contributed by atoms with van der Waals surface area (Å²) in [7, 11) is 1.50. The van der Waals surface area contributed by atoms with Gasteiger partial charge in [0.15, 0.2) is 0 Å². The lowest BCUT2D eigenvalue weighted by atomic mass is 10.1. The molecule has 0 unspecified atom stereocenters. The van der Waals surface area contributed by atoms with Gasteiger partial charge in [-0.15, -0.1) is 0 Å². The lowest BCUT2D eigenvalue weighted by Crippen LogP contribution is -1.78. The van der Waals surface area contributed by atoms with E-state index in [4.69, 9.17) is 0 Å². The fraction of sp³-hybridized carbons (Fsp3) is 0.909. The monoisotopic (exact) mass is 189 g/mol. The van der Waals surface area contributed by atoms with Gasteiger partial charge in [-0.3, -0.25) is 0 Å². The van der Waals surface area contributed by atoms with Gasteiger partial charge in [0.05, 0.1) is 0 Å². The first-order valence-corrected chi connectivity index (χ1v) is 5.43. The van der Waals surface area contributed by atoms with E-state index in [-0.39, 0.29) is 0 Å². The Kier molecular flexibility index (Phi) is 42.4. The van der Waals surface area contributed by atoms with E-state index < -0.39 is 0 Å². The van der Waals surface area contributed by atoms with Crippen LogP contribution in [0.15, 0.2) is 0 Å². The van der Waals surface area contributed by atoms with E-state index in [1.165, 1.54) is 32.7 Å². The predicted molar refractivity (Wildman–Crippen MR) is 60.9 cm³/mol. The van der Waals surface area contributed by atoms with Crippen LogP contribution in [0.4, 0.5) is 0 Å². The molecule has 0 rings (SSSR count). The molecule has 2 nitrogen and oxygen atoms in total. The highest BCUT2D eigenvalue weighted by atomic mass is 16.1. The molecule has 2 heteroatoms. The smallest absolute Gasteiger partial charge is 0.119 e. The summed E-state index contributed by atoms with van der Waals surface area (Å²) in [5.74, 6) is 0. The van der Waals surface area contributed by atoms with Crippen LogP contribution in [0.2, 0.25) is 0 Å². The standard InChI is InChI=1S/C8H16O.C2H6.CH5N/c1-2-3-4-5-6-7-8-9;2*1-2/h8H,2-7H2,1H3;1-2H3;2H2,1H3. The van der Waals surface area contributed by atoms with Crippen LogP contribution >= 0.6 is 0 Å². The van der Waals surface area contributed by atoms with Crippen molar-refractivity contribution < 1.29 is 4.79 Å². The van der Waals surface area contributed by atoms with Gasteiger partial charge in [-0.2, -0.15) is 0 Å². The van der Waals surface area contributed by atoms with Gasteiger partial charge in [0, 0.05) is 6.42 Å². The third-order valence-corrected chi connectivity index (χ3v) is 1.43. The first-order chi connectivity index (χ1) is 6.41. The molecular weight excluding hydrogens is 162 g/mol. The summed E-state index contributed by atoms with van der Waals surface area (Å²) in [6.07, 6.45) is 7.97. The number of hydrogen-bond donors (Lipinski definition) is 1. The number of nitrogens with two attached hydrogens (primary N) is 1. The highest BCUT2D eigenvalue weighted by molar-refractivity contribution is 5.48. The molecule has 0 bridgehead atoms. The second-order valence-corrected chi connectivity index (χ2v) is 2.37. The molecule has 0 radical (unpaired) electrons. The molecule has 2 N–H and O–H groups in total. The molecule has 0 aliphatic carbocycles. The molecule has 13 heavy (non-hydrogen) atoms. The summed E-state index contributed by atoms with van der Waals surface area (Å²) in [6.45, 7) is 6.19. The van der Waals surface area contributed by atoms with Gasteiger partial charge in [-0.1, -0.05) is 46.5 Å². The molecule has 0 saturated carbocycles. The van der Waals surface area contributed by atoms with E-state index in [9.17, 15) is 4.79 Å². The zero-order valence-electron chi connectivity index (χ0n) is 9.81. The Morgan fingerprint density at radius 3 is 1.85 bits per heavy atom. The Hall–Kier alpha value is -0.370. The second kappa shape index (κ2) is 29.9. The molecule has 0 aromatic carbocycles. The fourth-order valence-electron chi connectivity index (χ4n) is 0.831. The van der Waals surface area contributed by atoms with Crippen LogP contribution in [0.25, 0.3) is 0 Å². The number of unbranched alkanes of at least 4 members (excludes halogenated alkanes) is 5. The van der Waals surface area contributed by atoms with E-state index in [2.05, 4.69) is 12.7 Å². The van der Waals surface area contributed by atoms with Gasteiger partial charge in [-0.05, 0) is 13.5 Å². The first-order valence-electron chi connectivity index (χ1n) is 5.43. The third-order valence-electron chi connectivity index (χ3n) is 1.43. The largest absolute Gasteiger partial charge is 0.333 e. The van der Waals surface area contributed by atoms with Gasteiger partial charge in [0.25, 0.3) is 0 Å². The lowest BCUT2D eigenvalue weighted by molar-refractivity contribution is -0.107. The Morgan fingerprint density at radius 1 is 1.00 bits per heavy atom. The van der Waals surface area contributed by atoms with Crippen molar-refractivity contribution in [2.75, 3.05) is 7.05 Å². The molecule has 0 spiro atoms. The Labute approximate surface area is 83.9 Å². The van der Waals surface area contributed by atoms with Crippen LogP contribution in [0.5, 0.6) is 0 Å². The molecule has 0 saturated heterocycles. The highest BCUT2D eigenvalue weighted by Gasteiger charge is 1.85. The van der Waals surface area contributed by atoms with Crippen molar-refractivity contribution >= 4 is 6.29 Å².